The molecule has 0 bridgehead atoms. The van der Waals surface area contributed by atoms with E-state index in [1.165, 1.54) is 12.1 Å². The number of oxazole rings is 1. The molecule has 0 unspecified atom stereocenters. The van der Waals surface area contributed by atoms with Crippen LogP contribution in [0.3, 0.4) is 0 Å². The summed E-state index contributed by atoms with van der Waals surface area (Å²) in [7, 11) is 0. The smallest absolute Gasteiger partial charge is 0.227 e. The zero-order valence-corrected chi connectivity index (χ0v) is 12.7. The van der Waals surface area contributed by atoms with Crippen LogP contribution in [0, 0.1) is 5.82 Å². The lowest BCUT2D eigenvalue weighted by Crippen LogP contribution is -1.96. The van der Waals surface area contributed by atoms with Crippen molar-refractivity contribution in [3.63, 3.8) is 0 Å². The van der Waals surface area contributed by atoms with Crippen molar-refractivity contribution in [3.8, 4) is 11.5 Å². The second kappa shape index (κ2) is 5.70. The average molecular weight is 319 g/mol. The van der Waals surface area contributed by atoms with Gasteiger partial charge in [-0.25, -0.2) is 9.37 Å². The summed E-state index contributed by atoms with van der Waals surface area (Å²) in [6, 6.07) is 19.2. The van der Waals surface area contributed by atoms with Gasteiger partial charge in [-0.3, -0.25) is 0 Å². The fraction of sp³-hybridized carbons (Fsp3) is 0. The zero-order valence-electron chi connectivity index (χ0n) is 12.7. The van der Waals surface area contributed by atoms with Crippen LogP contribution < -0.4 is 11.1 Å². The number of anilines is 3. The van der Waals surface area contributed by atoms with E-state index in [4.69, 9.17) is 10.2 Å². The highest BCUT2D eigenvalue weighted by molar-refractivity contribution is 5.80. The topological polar surface area (TPSA) is 64.1 Å². The monoisotopic (exact) mass is 319 g/mol. The standard InChI is InChI=1S/C19H14FN3O/c20-13-6-8-14(9-7-13)22-16-10-5-12(11-15(16)21)19-23-17-3-1-2-4-18(17)24-19/h1-11,22H,21H2. The summed E-state index contributed by atoms with van der Waals surface area (Å²) in [6.07, 6.45) is 0. The Morgan fingerprint density at radius 3 is 2.50 bits per heavy atom. The van der Waals surface area contributed by atoms with E-state index in [9.17, 15) is 4.39 Å². The number of aromatic nitrogens is 1. The molecule has 5 heteroatoms. The third kappa shape index (κ3) is 2.67. The molecule has 0 fully saturated rings. The van der Waals surface area contributed by atoms with Gasteiger partial charge in [-0.2, -0.15) is 0 Å². The SMILES string of the molecule is Nc1cc(-c2nc3ccccc3o2)ccc1Nc1ccc(F)cc1. The fourth-order valence-electron chi connectivity index (χ4n) is 2.49. The summed E-state index contributed by atoms with van der Waals surface area (Å²) in [5.41, 5.74) is 10.5. The Hall–Kier alpha value is -3.34. The van der Waals surface area contributed by atoms with Crippen molar-refractivity contribution >= 4 is 28.2 Å². The first-order chi connectivity index (χ1) is 11.7. The molecule has 0 saturated carbocycles. The highest BCUT2D eigenvalue weighted by atomic mass is 19.1. The Balaban J connectivity index is 1.64. The van der Waals surface area contributed by atoms with Gasteiger partial charge in [-0.1, -0.05) is 12.1 Å². The van der Waals surface area contributed by atoms with Crippen LogP contribution in [0.1, 0.15) is 0 Å². The van der Waals surface area contributed by atoms with E-state index >= 15 is 0 Å². The maximum atomic E-state index is 13.0. The molecule has 0 aliphatic heterocycles. The molecule has 24 heavy (non-hydrogen) atoms. The summed E-state index contributed by atoms with van der Waals surface area (Å²) in [6.45, 7) is 0. The van der Waals surface area contributed by atoms with Crippen molar-refractivity contribution in [2.45, 2.75) is 0 Å². The molecule has 3 N–H and O–H groups in total. The van der Waals surface area contributed by atoms with E-state index in [1.807, 2.05) is 36.4 Å². The molecule has 4 rings (SSSR count). The molecule has 0 aliphatic carbocycles. The predicted molar refractivity (Wildman–Crippen MR) is 93.5 cm³/mol. The number of hydrogen-bond donors (Lipinski definition) is 2. The van der Waals surface area contributed by atoms with Gasteiger partial charge in [0.2, 0.25) is 5.89 Å². The van der Waals surface area contributed by atoms with Crippen LogP contribution in [0.25, 0.3) is 22.6 Å². The Labute approximate surface area is 137 Å². The second-order valence-electron chi connectivity index (χ2n) is 5.42. The fourth-order valence-corrected chi connectivity index (χ4v) is 2.49. The van der Waals surface area contributed by atoms with Gasteiger partial charge < -0.3 is 15.5 Å². The summed E-state index contributed by atoms with van der Waals surface area (Å²) < 4.78 is 18.7. The Morgan fingerprint density at radius 1 is 0.958 bits per heavy atom. The lowest BCUT2D eigenvalue weighted by Gasteiger charge is -2.10. The normalized spacial score (nSPS) is 10.9. The first-order valence-corrected chi connectivity index (χ1v) is 7.47. The van der Waals surface area contributed by atoms with Gasteiger partial charge in [0.05, 0.1) is 11.4 Å². The summed E-state index contributed by atoms with van der Waals surface area (Å²) in [4.78, 5) is 4.46. The van der Waals surface area contributed by atoms with Crippen LogP contribution in [-0.2, 0) is 0 Å². The largest absolute Gasteiger partial charge is 0.436 e. The van der Waals surface area contributed by atoms with E-state index in [0.29, 0.717) is 11.6 Å². The minimum absolute atomic E-state index is 0.278. The molecule has 0 aliphatic rings. The van der Waals surface area contributed by atoms with Gasteiger partial charge >= 0.3 is 0 Å². The van der Waals surface area contributed by atoms with Crippen LogP contribution in [0.2, 0.25) is 0 Å². The molecule has 0 spiro atoms. The van der Waals surface area contributed by atoms with Crippen molar-refractivity contribution < 1.29 is 8.81 Å². The van der Waals surface area contributed by atoms with Gasteiger partial charge in [-0.05, 0) is 54.6 Å². The lowest BCUT2D eigenvalue weighted by molar-refractivity contribution is 0.620. The number of nitrogens with one attached hydrogen (secondary N) is 1. The number of nitrogens with zero attached hydrogens (tertiary/aromatic N) is 1. The van der Waals surface area contributed by atoms with E-state index < -0.39 is 0 Å². The van der Waals surface area contributed by atoms with Gasteiger partial charge in [0.1, 0.15) is 11.3 Å². The number of fused-ring (bicyclic) bond motifs is 1. The summed E-state index contributed by atoms with van der Waals surface area (Å²) in [5.74, 6) is 0.246. The van der Waals surface area contributed by atoms with Crippen LogP contribution >= 0.6 is 0 Å². The highest BCUT2D eigenvalue weighted by Crippen LogP contribution is 2.30. The zero-order chi connectivity index (χ0) is 16.5. The Kier molecular flexibility index (Phi) is 3.39. The molecule has 4 aromatic rings. The lowest BCUT2D eigenvalue weighted by atomic mass is 10.1. The molecule has 3 aromatic carbocycles. The van der Waals surface area contributed by atoms with Crippen LogP contribution in [0.15, 0.2) is 71.1 Å². The van der Waals surface area contributed by atoms with Crippen molar-refractivity contribution in [2.24, 2.45) is 0 Å². The Morgan fingerprint density at radius 2 is 1.75 bits per heavy atom. The van der Waals surface area contributed by atoms with Gasteiger partial charge in [-0.15, -0.1) is 0 Å². The molecular weight excluding hydrogens is 305 g/mol. The predicted octanol–water partition coefficient (Wildman–Crippen LogP) is 4.96. The molecular formula is C19H14FN3O. The maximum Gasteiger partial charge on any atom is 0.227 e. The van der Waals surface area contributed by atoms with Crippen molar-refractivity contribution in [3.05, 3.63) is 72.5 Å². The third-order valence-corrected chi connectivity index (χ3v) is 3.72. The van der Waals surface area contributed by atoms with Gasteiger partial charge in [0, 0.05) is 11.3 Å². The second-order valence-corrected chi connectivity index (χ2v) is 5.42. The third-order valence-electron chi connectivity index (χ3n) is 3.72. The number of nitrogen functional groups attached to an aromatic ring is 1. The molecule has 1 heterocycles. The molecule has 0 radical (unpaired) electrons. The molecule has 4 nitrogen and oxygen atoms in total. The van der Waals surface area contributed by atoms with Gasteiger partial charge in [0.15, 0.2) is 5.58 Å². The van der Waals surface area contributed by atoms with E-state index in [-0.39, 0.29) is 5.82 Å². The Bertz CT molecular complexity index is 976. The van der Waals surface area contributed by atoms with Gasteiger partial charge in [0.25, 0.3) is 0 Å². The number of benzene rings is 3. The molecule has 0 atom stereocenters. The summed E-state index contributed by atoms with van der Waals surface area (Å²) in [5, 5.41) is 3.16. The number of rotatable bonds is 3. The van der Waals surface area contributed by atoms with Crippen LogP contribution in [0.5, 0.6) is 0 Å². The molecule has 0 amide bonds. The maximum absolute atomic E-state index is 13.0. The molecule has 0 saturated heterocycles. The van der Waals surface area contributed by atoms with Crippen molar-refractivity contribution in [1.29, 1.82) is 0 Å². The van der Waals surface area contributed by atoms with Crippen LogP contribution in [-0.4, -0.2) is 4.98 Å². The van der Waals surface area contributed by atoms with E-state index in [2.05, 4.69) is 10.3 Å². The number of halogens is 1. The number of hydrogen-bond acceptors (Lipinski definition) is 4. The molecule has 1 aromatic heterocycles. The molecule has 118 valence electrons. The van der Waals surface area contributed by atoms with Crippen molar-refractivity contribution in [1.82, 2.24) is 4.98 Å². The first-order valence-electron chi connectivity index (χ1n) is 7.47. The number of nitrogens with two attached hydrogens (primary N) is 1. The number of para-hydroxylation sites is 2. The quantitative estimate of drug-likeness (QED) is 0.524. The highest BCUT2D eigenvalue weighted by Gasteiger charge is 2.10. The average Bonchev–Trinajstić information content (AvgIpc) is 3.03. The minimum atomic E-state index is -0.278. The van der Waals surface area contributed by atoms with Crippen LogP contribution in [0.4, 0.5) is 21.5 Å². The first kappa shape index (κ1) is 14.3. The van der Waals surface area contributed by atoms with E-state index in [0.717, 1.165) is 28.0 Å². The van der Waals surface area contributed by atoms with E-state index in [1.54, 1.807) is 18.2 Å². The van der Waals surface area contributed by atoms with Crippen molar-refractivity contribution in [2.75, 3.05) is 11.1 Å². The summed E-state index contributed by atoms with van der Waals surface area (Å²) >= 11 is 0. The minimum Gasteiger partial charge on any atom is -0.436 e.